The van der Waals surface area contributed by atoms with Crippen LogP contribution in [0.2, 0.25) is 0 Å². The topological polar surface area (TPSA) is 111 Å². The van der Waals surface area contributed by atoms with E-state index in [4.69, 9.17) is 15.7 Å². The van der Waals surface area contributed by atoms with Gasteiger partial charge in [-0.3, -0.25) is 9.78 Å². The van der Waals surface area contributed by atoms with Gasteiger partial charge in [0, 0.05) is 24.5 Å². The lowest BCUT2D eigenvalue weighted by Gasteiger charge is -2.05. The third kappa shape index (κ3) is 4.59. The Bertz CT molecular complexity index is 1250. The van der Waals surface area contributed by atoms with Crippen LogP contribution in [0.3, 0.4) is 0 Å². The van der Waals surface area contributed by atoms with Gasteiger partial charge in [0.25, 0.3) is 5.91 Å². The van der Waals surface area contributed by atoms with E-state index in [-0.39, 0.29) is 11.7 Å². The van der Waals surface area contributed by atoms with Crippen molar-refractivity contribution in [3.8, 4) is 0 Å². The van der Waals surface area contributed by atoms with Crippen LogP contribution in [0.15, 0.2) is 53.9 Å². The largest absolute Gasteiger partial charge is 0.383 e. The van der Waals surface area contributed by atoms with Gasteiger partial charge in [0.1, 0.15) is 16.9 Å². The second kappa shape index (κ2) is 10.00. The Hall–Kier alpha value is -3.81. The number of para-hydroxylation sites is 2. The minimum Gasteiger partial charge on any atom is -0.383 e. The van der Waals surface area contributed by atoms with E-state index in [0.29, 0.717) is 34.3 Å². The number of nitrogens with zero attached hydrogens (tertiary/aromatic N) is 5. The molecule has 0 fully saturated rings. The number of nitrogens with one attached hydrogen (secondary N) is 1. The number of pyridine rings is 1. The molecular formula is C24H27N7O. The number of hydrogen-bond acceptors (Lipinski definition) is 6. The zero-order chi connectivity index (χ0) is 22.3. The molecule has 0 bridgehead atoms. The molecule has 0 saturated heterocycles. The second-order valence-electron chi connectivity index (χ2n) is 7.66. The van der Waals surface area contributed by atoms with Crippen molar-refractivity contribution in [2.75, 3.05) is 12.3 Å². The molecule has 3 heterocycles. The lowest BCUT2D eigenvalue weighted by Crippen LogP contribution is -2.25. The predicted octanol–water partition coefficient (Wildman–Crippen LogP) is 4.14. The zero-order valence-electron chi connectivity index (χ0n) is 18.2. The molecule has 3 aromatic heterocycles. The van der Waals surface area contributed by atoms with Gasteiger partial charge >= 0.3 is 0 Å². The standard InChI is InChI=1S/C24H27N7O/c1-2-3-4-5-8-14-27-24(32)20-21-23(30-19-12-7-6-11-18(19)29-21)31(22(20)25)28-16-17-10-9-13-26-15-17/h6-7,9-13,15-16H,2-5,8,14,25H2,1H3,(H,27,32)/b28-16+. The quantitative estimate of drug-likeness (QED) is 0.307. The maximum absolute atomic E-state index is 13.1. The molecule has 0 spiro atoms. The smallest absolute Gasteiger partial charge is 0.257 e. The van der Waals surface area contributed by atoms with Crippen LogP contribution in [-0.2, 0) is 0 Å². The van der Waals surface area contributed by atoms with Gasteiger partial charge in [-0.2, -0.15) is 9.78 Å². The molecule has 8 heteroatoms. The molecular weight excluding hydrogens is 402 g/mol. The number of fused-ring (bicyclic) bond motifs is 2. The summed E-state index contributed by atoms with van der Waals surface area (Å²) in [4.78, 5) is 26.5. The van der Waals surface area contributed by atoms with Crippen molar-refractivity contribution in [1.82, 2.24) is 24.9 Å². The highest BCUT2D eigenvalue weighted by Gasteiger charge is 2.23. The summed E-state index contributed by atoms with van der Waals surface area (Å²) in [6.07, 6.45) is 10.6. The molecule has 4 rings (SSSR count). The number of rotatable bonds is 9. The van der Waals surface area contributed by atoms with E-state index in [0.717, 1.165) is 18.4 Å². The van der Waals surface area contributed by atoms with Crippen molar-refractivity contribution in [3.05, 3.63) is 59.9 Å². The minimum absolute atomic E-state index is 0.207. The molecule has 0 unspecified atom stereocenters. The van der Waals surface area contributed by atoms with E-state index in [1.807, 2.05) is 36.4 Å². The number of nitrogens with two attached hydrogens (primary N) is 1. The maximum Gasteiger partial charge on any atom is 0.257 e. The first-order chi connectivity index (χ1) is 15.7. The van der Waals surface area contributed by atoms with Gasteiger partial charge in [-0.25, -0.2) is 9.97 Å². The number of amides is 1. The van der Waals surface area contributed by atoms with Crippen LogP contribution in [0.1, 0.15) is 54.9 Å². The molecule has 1 aromatic carbocycles. The SMILES string of the molecule is CCCCCCCNC(=O)c1c(N)n(/N=C/c2cccnc2)c2nc3ccccc3nc12. The Kier molecular flexibility index (Phi) is 6.69. The summed E-state index contributed by atoms with van der Waals surface area (Å²) in [5.74, 6) is -0.0539. The summed E-state index contributed by atoms with van der Waals surface area (Å²) >= 11 is 0. The molecule has 0 radical (unpaired) electrons. The van der Waals surface area contributed by atoms with Gasteiger partial charge in [0.2, 0.25) is 0 Å². The first kappa shape index (κ1) is 21.4. The van der Waals surface area contributed by atoms with Crippen LogP contribution in [0, 0.1) is 0 Å². The van der Waals surface area contributed by atoms with Crippen LogP contribution in [0.5, 0.6) is 0 Å². The van der Waals surface area contributed by atoms with Crippen molar-refractivity contribution in [2.45, 2.75) is 39.0 Å². The number of carbonyl (C=O) groups excluding carboxylic acids is 1. The first-order valence-electron chi connectivity index (χ1n) is 11.0. The summed E-state index contributed by atoms with van der Waals surface area (Å²) in [5.41, 5.74) is 9.79. The van der Waals surface area contributed by atoms with E-state index >= 15 is 0 Å². The molecule has 0 aliphatic heterocycles. The van der Waals surface area contributed by atoms with Crippen molar-refractivity contribution < 1.29 is 4.79 Å². The molecule has 0 saturated carbocycles. The molecule has 0 aliphatic rings. The van der Waals surface area contributed by atoms with E-state index in [9.17, 15) is 4.79 Å². The normalized spacial score (nSPS) is 11.5. The van der Waals surface area contributed by atoms with Crippen LogP contribution < -0.4 is 11.1 Å². The fourth-order valence-corrected chi connectivity index (χ4v) is 3.58. The molecule has 164 valence electrons. The Morgan fingerprint density at radius 1 is 1.09 bits per heavy atom. The zero-order valence-corrected chi connectivity index (χ0v) is 18.2. The number of aromatic nitrogens is 4. The van der Waals surface area contributed by atoms with E-state index in [1.165, 1.54) is 23.9 Å². The molecule has 0 atom stereocenters. The molecule has 4 aromatic rings. The highest BCUT2D eigenvalue weighted by Crippen LogP contribution is 2.27. The van der Waals surface area contributed by atoms with Crippen LogP contribution in [0.25, 0.3) is 22.2 Å². The number of unbranched alkanes of at least 4 members (excludes halogenated alkanes) is 4. The van der Waals surface area contributed by atoms with Crippen molar-refractivity contribution >= 4 is 40.1 Å². The van der Waals surface area contributed by atoms with E-state index in [2.05, 4.69) is 22.3 Å². The van der Waals surface area contributed by atoms with Crippen LogP contribution >= 0.6 is 0 Å². The lowest BCUT2D eigenvalue weighted by molar-refractivity contribution is 0.0955. The third-order valence-electron chi connectivity index (χ3n) is 5.27. The average molecular weight is 430 g/mol. The Labute approximate surface area is 186 Å². The van der Waals surface area contributed by atoms with Crippen molar-refractivity contribution in [2.24, 2.45) is 5.10 Å². The summed E-state index contributed by atoms with van der Waals surface area (Å²) < 4.78 is 1.47. The summed E-state index contributed by atoms with van der Waals surface area (Å²) in [7, 11) is 0. The average Bonchev–Trinajstić information content (AvgIpc) is 3.09. The summed E-state index contributed by atoms with van der Waals surface area (Å²) in [6.45, 7) is 2.77. The van der Waals surface area contributed by atoms with Gasteiger partial charge in [-0.05, 0) is 24.6 Å². The summed E-state index contributed by atoms with van der Waals surface area (Å²) in [6, 6.07) is 11.2. The fourth-order valence-electron chi connectivity index (χ4n) is 3.58. The van der Waals surface area contributed by atoms with Gasteiger partial charge < -0.3 is 11.1 Å². The van der Waals surface area contributed by atoms with Crippen LogP contribution in [0.4, 0.5) is 5.82 Å². The number of anilines is 1. The number of carbonyl (C=O) groups is 1. The summed E-state index contributed by atoms with van der Waals surface area (Å²) in [5, 5.41) is 7.47. The lowest BCUT2D eigenvalue weighted by atomic mass is 10.1. The first-order valence-corrected chi connectivity index (χ1v) is 11.0. The van der Waals surface area contributed by atoms with E-state index in [1.54, 1.807) is 18.6 Å². The van der Waals surface area contributed by atoms with Gasteiger partial charge in [-0.1, -0.05) is 50.8 Å². The highest BCUT2D eigenvalue weighted by molar-refractivity contribution is 6.10. The Morgan fingerprint density at radius 2 is 1.88 bits per heavy atom. The molecule has 8 nitrogen and oxygen atoms in total. The number of benzene rings is 1. The highest BCUT2D eigenvalue weighted by atomic mass is 16.1. The van der Waals surface area contributed by atoms with Gasteiger partial charge in [0.15, 0.2) is 5.65 Å². The molecule has 3 N–H and O–H groups in total. The second-order valence-corrected chi connectivity index (χ2v) is 7.66. The van der Waals surface area contributed by atoms with Crippen LogP contribution in [-0.4, -0.2) is 38.3 Å². The van der Waals surface area contributed by atoms with E-state index < -0.39 is 0 Å². The van der Waals surface area contributed by atoms with Crippen molar-refractivity contribution in [1.29, 1.82) is 0 Å². The Balaban J connectivity index is 1.69. The predicted molar refractivity (Wildman–Crippen MR) is 128 cm³/mol. The van der Waals surface area contributed by atoms with Gasteiger partial charge in [-0.15, -0.1) is 0 Å². The number of hydrogen-bond donors (Lipinski definition) is 2. The number of nitrogen functional groups attached to an aromatic ring is 1. The minimum atomic E-state index is -0.261. The third-order valence-corrected chi connectivity index (χ3v) is 5.27. The fraction of sp³-hybridized carbons (Fsp3) is 0.292. The molecule has 1 amide bonds. The molecule has 32 heavy (non-hydrogen) atoms. The maximum atomic E-state index is 13.1. The van der Waals surface area contributed by atoms with Gasteiger partial charge in [0.05, 0.1) is 17.2 Å². The Morgan fingerprint density at radius 3 is 2.62 bits per heavy atom. The molecule has 0 aliphatic carbocycles. The van der Waals surface area contributed by atoms with Crippen molar-refractivity contribution in [3.63, 3.8) is 0 Å². The monoisotopic (exact) mass is 429 g/mol.